The van der Waals surface area contributed by atoms with Crippen LogP contribution in [0.2, 0.25) is 0 Å². The summed E-state index contributed by atoms with van der Waals surface area (Å²) in [5.74, 6) is 0. The van der Waals surface area contributed by atoms with E-state index in [1.165, 1.54) is 0 Å². The summed E-state index contributed by atoms with van der Waals surface area (Å²) in [5, 5.41) is 0. The van der Waals surface area contributed by atoms with E-state index in [1.807, 2.05) is 0 Å². The first kappa shape index (κ1) is 23.8. The van der Waals surface area contributed by atoms with E-state index in [4.69, 9.17) is 0 Å². The van der Waals surface area contributed by atoms with Gasteiger partial charge < -0.3 is 0 Å². The van der Waals surface area contributed by atoms with Gasteiger partial charge in [0.25, 0.3) is 0 Å². The Morgan fingerprint density at radius 2 is 1.00 bits per heavy atom. The maximum absolute atomic E-state index is 0. The van der Waals surface area contributed by atoms with Crippen LogP contribution in [0.1, 0.15) is 0 Å². The van der Waals surface area contributed by atoms with Crippen LogP contribution in [0, 0.1) is 79.7 Å². The van der Waals surface area contributed by atoms with Crippen LogP contribution in [0.5, 0.6) is 0 Å². The number of hydrogen-bond donors (Lipinski definition) is 0. The largest absolute Gasteiger partial charge is 0 e. The predicted molar refractivity (Wildman–Crippen MR) is 9.94 cm³/mol. The van der Waals surface area contributed by atoms with Crippen LogP contribution >= 0.6 is 0 Å². The van der Waals surface area contributed by atoms with E-state index in [2.05, 4.69) is 0 Å². The third kappa shape index (κ3) is 9.63. The van der Waals surface area contributed by atoms with E-state index >= 15 is 0 Å². The number of rotatable bonds is 0. The third-order valence-electron chi connectivity index (χ3n) is 0. The van der Waals surface area contributed by atoms with Crippen LogP contribution in [-0.2, 0) is 26.2 Å². The van der Waals surface area contributed by atoms with Gasteiger partial charge in [-0.25, -0.2) is 0 Å². The van der Waals surface area contributed by atoms with E-state index in [9.17, 15) is 0 Å². The van der Waals surface area contributed by atoms with Gasteiger partial charge in [-0.15, -0.1) is 0 Å². The topological polar surface area (TPSA) is 0 Å². The molecule has 0 aliphatic rings. The van der Waals surface area contributed by atoms with Gasteiger partial charge >= 0.3 is 25.8 Å². The molecule has 0 amide bonds. The molecule has 0 N–H and O–H groups in total. The standard InChI is InChI=1S/Ac.In.La.Zr.3H. The van der Waals surface area contributed by atoms with E-state index in [-0.39, 0.29) is 132 Å². The Morgan fingerprint density at radius 1 is 1.00 bits per heavy atom. The summed E-state index contributed by atoms with van der Waals surface area (Å²) < 4.78 is 0. The summed E-state index contributed by atoms with van der Waals surface area (Å²) in [5.41, 5.74) is 0. The minimum absolute atomic E-state index is 0. The second-order valence-electron chi connectivity index (χ2n) is 0. The Hall–Kier alpha value is 4.39. The molecule has 0 aromatic heterocycles. The number of hydrogen-bond acceptors (Lipinski definition) is 0. The minimum atomic E-state index is 0. The Morgan fingerprint density at radius 3 is 1.00 bits per heavy atom. The van der Waals surface area contributed by atoms with Crippen molar-refractivity contribution in [3.63, 3.8) is 0 Å². The summed E-state index contributed by atoms with van der Waals surface area (Å²) in [7, 11) is 0. The van der Waals surface area contributed by atoms with Crippen LogP contribution in [0.4, 0.5) is 0 Å². The SMILES string of the molecule is [Ac].[InH3].[La].[Zr]. The van der Waals surface area contributed by atoms with Gasteiger partial charge in [0.1, 0.15) is 0 Å². The van der Waals surface area contributed by atoms with Crippen molar-refractivity contribution in [2.45, 2.75) is 0 Å². The normalized spacial score (nSPS) is 0. The minimum Gasteiger partial charge on any atom is 0 e. The first-order valence-electron chi connectivity index (χ1n) is 0. The molecule has 0 atom stereocenters. The molecule has 0 aliphatic carbocycles. The van der Waals surface area contributed by atoms with Gasteiger partial charge in [-0.05, 0) is 0 Å². The second kappa shape index (κ2) is 15.7. The molecular weight excluding hydrogens is 572 g/mol. The van der Waals surface area contributed by atoms with Crippen molar-refractivity contribution in [1.82, 2.24) is 0 Å². The maximum Gasteiger partial charge on any atom is 0 e. The Labute approximate surface area is 128 Å². The zero-order valence-corrected chi connectivity index (χ0v) is 12.5. The molecule has 0 unspecified atom stereocenters. The van der Waals surface area contributed by atoms with Crippen molar-refractivity contribution >= 4 is 25.8 Å². The van der Waals surface area contributed by atoms with Crippen LogP contribution in [-0.4, -0.2) is 25.8 Å². The molecule has 0 bridgehead atoms. The van der Waals surface area contributed by atoms with Crippen molar-refractivity contribution in [3.8, 4) is 0 Å². The van der Waals surface area contributed by atoms with Gasteiger partial charge in [0.05, 0.1) is 0 Å². The van der Waals surface area contributed by atoms with Crippen molar-refractivity contribution in [2.24, 2.45) is 0 Å². The molecule has 0 heterocycles. The van der Waals surface area contributed by atoms with E-state index in [0.717, 1.165) is 0 Å². The van der Waals surface area contributed by atoms with Crippen LogP contribution in [0.25, 0.3) is 0 Å². The molecule has 0 aromatic rings. The van der Waals surface area contributed by atoms with Crippen LogP contribution in [0.15, 0.2) is 0 Å². The maximum atomic E-state index is 0. The fourth-order valence-corrected chi connectivity index (χ4v) is 0. The summed E-state index contributed by atoms with van der Waals surface area (Å²) in [6, 6.07) is 0. The molecule has 0 fully saturated rings. The molecule has 0 nitrogen and oxygen atoms in total. The quantitative estimate of drug-likeness (QED) is 0.342. The molecular formula is H3AcInLaZr. The molecule has 0 rings (SSSR count). The summed E-state index contributed by atoms with van der Waals surface area (Å²) in [6.45, 7) is 0. The average molecular weight is 575 g/mol. The average Bonchev–Trinajstić information content (AvgIpc) is 0. The zero-order valence-electron chi connectivity index (χ0n) is 1.65. The Bertz CT molecular complexity index is 8.00. The second-order valence-corrected chi connectivity index (χ2v) is 0. The summed E-state index contributed by atoms with van der Waals surface area (Å²) in [4.78, 5) is 0. The van der Waals surface area contributed by atoms with Gasteiger partial charge in [0, 0.05) is 106 Å². The van der Waals surface area contributed by atoms with Crippen LogP contribution < -0.4 is 0 Å². The molecule has 0 aromatic carbocycles. The Balaban J connectivity index is 0. The summed E-state index contributed by atoms with van der Waals surface area (Å²) in [6.07, 6.45) is 0. The molecule has 0 saturated heterocycles. The fourth-order valence-electron chi connectivity index (χ4n) is 0. The Kier molecular flexibility index (Phi) is 93.1. The van der Waals surface area contributed by atoms with Gasteiger partial charge in [-0.2, -0.15) is 0 Å². The molecule has 16 valence electrons. The first-order chi connectivity index (χ1) is 0. The zero-order chi connectivity index (χ0) is 0. The molecule has 4 heavy (non-hydrogen) atoms. The van der Waals surface area contributed by atoms with Gasteiger partial charge in [-0.1, -0.05) is 0 Å². The molecule has 4 heteroatoms. The van der Waals surface area contributed by atoms with E-state index < -0.39 is 0 Å². The van der Waals surface area contributed by atoms with Crippen molar-refractivity contribution in [3.05, 3.63) is 0 Å². The van der Waals surface area contributed by atoms with Gasteiger partial charge in [0.15, 0.2) is 0 Å². The third-order valence-corrected chi connectivity index (χ3v) is 0. The summed E-state index contributed by atoms with van der Waals surface area (Å²) >= 11 is 0. The monoisotopic (exact) mass is 574 g/mol. The van der Waals surface area contributed by atoms with Crippen molar-refractivity contribution in [1.29, 1.82) is 0 Å². The van der Waals surface area contributed by atoms with Crippen LogP contribution in [0.3, 0.4) is 0 Å². The first-order valence-corrected chi connectivity index (χ1v) is 0. The van der Waals surface area contributed by atoms with Gasteiger partial charge in [0.2, 0.25) is 0 Å². The van der Waals surface area contributed by atoms with Crippen molar-refractivity contribution in [2.75, 3.05) is 0 Å². The van der Waals surface area contributed by atoms with E-state index in [0.29, 0.717) is 0 Å². The molecule has 0 spiro atoms. The van der Waals surface area contributed by atoms with Crippen molar-refractivity contribution < 1.29 is 106 Å². The fraction of sp³-hybridized carbons (Fsp3) is 0. The molecule has 0 saturated carbocycles. The van der Waals surface area contributed by atoms with E-state index in [1.54, 1.807) is 0 Å². The molecule has 0 aliphatic heterocycles. The molecule has 2 radical (unpaired) electrons. The smallest absolute Gasteiger partial charge is 0 e. The predicted octanol–water partition coefficient (Wildman–Crippen LogP) is -1.19. The van der Waals surface area contributed by atoms with Gasteiger partial charge in [-0.3, -0.25) is 0 Å².